The van der Waals surface area contributed by atoms with Crippen molar-refractivity contribution in [2.24, 2.45) is 5.92 Å². The summed E-state index contributed by atoms with van der Waals surface area (Å²) >= 11 is 5.83. The minimum atomic E-state index is -0.546. The van der Waals surface area contributed by atoms with E-state index in [-0.39, 0.29) is 17.6 Å². The lowest BCUT2D eigenvalue weighted by atomic mass is 9.83. The summed E-state index contributed by atoms with van der Waals surface area (Å²) in [5, 5.41) is 6.02. The molecular formula is C19H22ClN3O3. The van der Waals surface area contributed by atoms with E-state index in [4.69, 9.17) is 16.0 Å². The van der Waals surface area contributed by atoms with Crippen molar-refractivity contribution in [2.45, 2.75) is 38.1 Å². The van der Waals surface area contributed by atoms with Gasteiger partial charge in [0.25, 0.3) is 5.91 Å². The maximum atomic E-state index is 12.6. The number of amides is 2. The monoisotopic (exact) mass is 375 g/mol. The van der Waals surface area contributed by atoms with Crippen molar-refractivity contribution in [1.29, 1.82) is 0 Å². The van der Waals surface area contributed by atoms with E-state index >= 15 is 0 Å². The van der Waals surface area contributed by atoms with E-state index in [0.29, 0.717) is 16.5 Å². The van der Waals surface area contributed by atoms with Gasteiger partial charge in [0.1, 0.15) is 11.7 Å². The third-order valence-corrected chi connectivity index (χ3v) is 4.97. The topological polar surface area (TPSA) is 84.2 Å². The van der Waals surface area contributed by atoms with E-state index in [1.807, 2.05) is 0 Å². The van der Waals surface area contributed by atoms with E-state index in [2.05, 4.69) is 15.6 Å². The molecule has 0 aliphatic heterocycles. The van der Waals surface area contributed by atoms with Gasteiger partial charge in [-0.2, -0.15) is 0 Å². The Balaban J connectivity index is 1.73. The van der Waals surface area contributed by atoms with E-state index in [1.54, 1.807) is 31.3 Å². The van der Waals surface area contributed by atoms with Crippen LogP contribution in [0.3, 0.4) is 0 Å². The Morgan fingerprint density at radius 3 is 2.62 bits per heavy atom. The van der Waals surface area contributed by atoms with E-state index in [1.165, 1.54) is 12.6 Å². The summed E-state index contributed by atoms with van der Waals surface area (Å²) in [7, 11) is 1.58. The number of carbonyl (C=O) groups excluding carboxylic acids is 2. The van der Waals surface area contributed by atoms with Crippen LogP contribution in [0.15, 0.2) is 34.9 Å². The highest BCUT2D eigenvalue weighted by atomic mass is 35.5. The predicted molar refractivity (Wildman–Crippen MR) is 98.8 cm³/mol. The fourth-order valence-corrected chi connectivity index (χ4v) is 3.46. The summed E-state index contributed by atoms with van der Waals surface area (Å²) in [5.41, 5.74) is 0.587. The molecule has 0 aromatic carbocycles. The fraction of sp³-hybridized carbons (Fsp3) is 0.421. The maximum Gasteiger partial charge on any atom is 0.287 e. The van der Waals surface area contributed by atoms with Gasteiger partial charge in [0, 0.05) is 13.2 Å². The zero-order valence-electron chi connectivity index (χ0n) is 14.6. The van der Waals surface area contributed by atoms with Gasteiger partial charge >= 0.3 is 0 Å². The number of hydrogen-bond acceptors (Lipinski definition) is 4. The molecule has 2 aromatic rings. The molecule has 2 amide bonds. The van der Waals surface area contributed by atoms with Crippen LogP contribution in [0.2, 0.25) is 5.02 Å². The van der Waals surface area contributed by atoms with Gasteiger partial charge < -0.3 is 15.1 Å². The smallest absolute Gasteiger partial charge is 0.287 e. The first-order chi connectivity index (χ1) is 12.6. The molecule has 2 aromatic heterocycles. The Morgan fingerprint density at radius 2 is 1.96 bits per heavy atom. The minimum Gasteiger partial charge on any atom is -0.449 e. The van der Waals surface area contributed by atoms with Gasteiger partial charge in [-0.05, 0) is 43.0 Å². The number of aromatic nitrogens is 1. The summed E-state index contributed by atoms with van der Waals surface area (Å²) in [4.78, 5) is 29.0. The Labute approximate surface area is 157 Å². The normalized spacial score (nSPS) is 16.1. The number of carbonyl (C=O) groups is 2. The van der Waals surface area contributed by atoms with Gasteiger partial charge in [0.15, 0.2) is 11.5 Å². The average Bonchev–Trinajstić information content (AvgIpc) is 3.17. The second-order valence-electron chi connectivity index (χ2n) is 6.49. The first-order valence-electron chi connectivity index (χ1n) is 8.82. The molecule has 7 heteroatoms. The highest BCUT2D eigenvalue weighted by Gasteiger charge is 2.31. The molecule has 1 saturated carbocycles. The summed E-state index contributed by atoms with van der Waals surface area (Å²) < 4.78 is 5.62. The van der Waals surface area contributed by atoms with Crippen molar-refractivity contribution in [3.63, 3.8) is 0 Å². The maximum absolute atomic E-state index is 12.6. The second kappa shape index (κ2) is 8.36. The van der Waals surface area contributed by atoms with Crippen molar-refractivity contribution in [3.05, 3.63) is 41.2 Å². The second-order valence-corrected chi connectivity index (χ2v) is 6.93. The van der Waals surface area contributed by atoms with Gasteiger partial charge in [-0.3, -0.25) is 14.6 Å². The van der Waals surface area contributed by atoms with Crippen LogP contribution in [0.25, 0.3) is 11.5 Å². The molecule has 0 unspecified atom stereocenters. The number of nitrogens with one attached hydrogen (secondary N) is 2. The van der Waals surface area contributed by atoms with Crippen LogP contribution in [0.1, 0.15) is 42.7 Å². The summed E-state index contributed by atoms with van der Waals surface area (Å²) in [5.74, 6) is 0.211. The lowest BCUT2D eigenvalue weighted by Gasteiger charge is -2.29. The number of furan rings is 1. The highest BCUT2D eigenvalue weighted by molar-refractivity contribution is 6.30. The molecule has 0 spiro atoms. The van der Waals surface area contributed by atoms with Gasteiger partial charge in [0.05, 0.1) is 5.02 Å². The van der Waals surface area contributed by atoms with Crippen LogP contribution in [-0.2, 0) is 4.79 Å². The number of nitrogens with zero attached hydrogens (tertiary/aromatic N) is 1. The van der Waals surface area contributed by atoms with Crippen molar-refractivity contribution in [3.8, 4) is 11.5 Å². The molecule has 26 heavy (non-hydrogen) atoms. The van der Waals surface area contributed by atoms with Crippen LogP contribution in [0, 0.1) is 5.92 Å². The predicted octanol–water partition coefficient (Wildman–Crippen LogP) is 3.42. The Bertz CT molecular complexity index is 767. The van der Waals surface area contributed by atoms with E-state index < -0.39 is 11.9 Å². The SMILES string of the molecule is CNC(=O)[C@@H](NC(=O)c1ccc(-c2ccc(Cl)cn2)o1)C1CCCCC1. The lowest BCUT2D eigenvalue weighted by Crippen LogP contribution is -2.50. The first-order valence-corrected chi connectivity index (χ1v) is 9.20. The minimum absolute atomic E-state index is 0.153. The molecule has 1 atom stereocenters. The van der Waals surface area contributed by atoms with Gasteiger partial charge in [-0.25, -0.2) is 0 Å². The summed E-state index contributed by atoms with van der Waals surface area (Å²) in [6.07, 6.45) is 6.75. The largest absolute Gasteiger partial charge is 0.449 e. The zero-order valence-corrected chi connectivity index (χ0v) is 15.4. The Kier molecular flexibility index (Phi) is 5.93. The third kappa shape index (κ3) is 4.25. The standard InChI is InChI=1S/C19H22ClN3O3/c1-21-19(25)17(12-5-3-2-4-6-12)23-18(24)16-10-9-15(26-16)14-8-7-13(20)11-22-14/h7-12,17H,2-6H2,1H3,(H,21,25)(H,23,24)/t17-/m0/s1. The average molecular weight is 376 g/mol. The Hall–Kier alpha value is -2.34. The van der Waals surface area contributed by atoms with Crippen LogP contribution in [0.5, 0.6) is 0 Å². The zero-order chi connectivity index (χ0) is 18.5. The number of pyridine rings is 1. The highest BCUT2D eigenvalue weighted by Crippen LogP contribution is 2.27. The molecule has 2 heterocycles. The number of likely N-dealkylation sites (N-methyl/N-ethyl adjacent to an activating group) is 1. The van der Waals surface area contributed by atoms with E-state index in [0.717, 1.165) is 25.7 Å². The van der Waals surface area contributed by atoms with Crippen LogP contribution in [-0.4, -0.2) is 29.9 Å². The molecule has 2 N–H and O–H groups in total. The van der Waals surface area contributed by atoms with Crippen molar-refractivity contribution >= 4 is 23.4 Å². The number of halogens is 1. The molecule has 3 rings (SSSR count). The Morgan fingerprint density at radius 1 is 1.19 bits per heavy atom. The fourth-order valence-electron chi connectivity index (χ4n) is 3.35. The molecule has 1 fully saturated rings. The molecular weight excluding hydrogens is 354 g/mol. The molecule has 0 bridgehead atoms. The van der Waals surface area contributed by atoms with Crippen molar-refractivity contribution < 1.29 is 14.0 Å². The van der Waals surface area contributed by atoms with Crippen LogP contribution < -0.4 is 10.6 Å². The van der Waals surface area contributed by atoms with Crippen molar-refractivity contribution in [1.82, 2.24) is 15.6 Å². The molecule has 1 aliphatic carbocycles. The summed E-state index contributed by atoms with van der Waals surface area (Å²) in [6, 6.07) is 6.15. The number of hydrogen-bond donors (Lipinski definition) is 2. The van der Waals surface area contributed by atoms with Crippen molar-refractivity contribution in [2.75, 3.05) is 7.05 Å². The molecule has 0 radical (unpaired) electrons. The third-order valence-electron chi connectivity index (χ3n) is 4.75. The van der Waals surface area contributed by atoms with Gasteiger partial charge in [0.2, 0.25) is 5.91 Å². The van der Waals surface area contributed by atoms with Crippen LogP contribution in [0.4, 0.5) is 0 Å². The summed E-state index contributed by atoms with van der Waals surface area (Å²) in [6.45, 7) is 0. The van der Waals surface area contributed by atoms with E-state index in [9.17, 15) is 9.59 Å². The molecule has 1 aliphatic rings. The van der Waals surface area contributed by atoms with Crippen LogP contribution >= 0.6 is 11.6 Å². The quantitative estimate of drug-likeness (QED) is 0.838. The molecule has 6 nitrogen and oxygen atoms in total. The lowest BCUT2D eigenvalue weighted by molar-refractivity contribution is -0.124. The van der Waals surface area contributed by atoms with Gasteiger partial charge in [-0.1, -0.05) is 30.9 Å². The molecule has 0 saturated heterocycles. The first kappa shape index (κ1) is 18.5. The molecule has 138 valence electrons. The number of rotatable bonds is 5. The van der Waals surface area contributed by atoms with Gasteiger partial charge in [-0.15, -0.1) is 0 Å².